The van der Waals surface area contributed by atoms with Crippen molar-refractivity contribution in [2.75, 3.05) is 26.8 Å². The van der Waals surface area contributed by atoms with E-state index in [-0.39, 0.29) is 23.9 Å². The normalized spacial score (nSPS) is 31.0. The van der Waals surface area contributed by atoms with Crippen LogP contribution >= 0.6 is 11.3 Å². The molecule has 2 fully saturated rings. The summed E-state index contributed by atoms with van der Waals surface area (Å²) in [5.74, 6) is 0.231. The summed E-state index contributed by atoms with van der Waals surface area (Å²) in [6.07, 6.45) is 2.18. The smallest absolute Gasteiger partial charge is 0.230 e. The van der Waals surface area contributed by atoms with Gasteiger partial charge in [0.25, 0.3) is 0 Å². The van der Waals surface area contributed by atoms with Crippen LogP contribution in [0.15, 0.2) is 16.8 Å². The molecule has 3 atom stereocenters. The van der Waals surface area contributed by atoms with E-state index in [0.717, 1.165) is 19.4 Å². The number of carbonyl (C=O) groups excluding carboxylic acids is 1. The van der Waals surface area contributed by atoms with Crippen molar-refractivity contribution in [3.8, 4) is 0 Å². The maximum atomic E-state index is 12.7. The largest absolute Gasteiger partial charge is 0.379 e. The highest BCUT2D eigenvalue weighted by molar-refractivity contribution is 7.07. The summed E-state index contributed by atoms with van der Waals surface area (Å²) in [6.45, 7) is 2.08. The standard InChI is InChI=1S/C14H20N2O2S/c1-15-12-8-18-7-11(12)14(17)16-5-2-3-13(16)10-4-6-19-9-10/h4,6,9,11-13,15H,2-3,5,7-8H2,1H3. The van der Waals surface area contributed by atoms with Crippen LogP contribution in [0.1, 0.15) is 24.4 Å². The summed E-state index contributed by atoms with van der Waals surface area (Å²) in [5.41, 5.74) is 1.29. The minimum absolute atomic E-state index is 0.0239. The third-order valence-electron chi connectivity index (χ3n) is 4.23. The molecule has 1 aromatic rings. The Hall–Kier alpha value is -0.910. The minimum atomic E-state index is -0.0239. The van der Waals surface area contributed by atoms with Crippen molar-refractivity contribution < 1.29 is 9.53 Å². The lowest BCUT2D eigenvalue weighted by atomic mass is 10.0. The number of hydrogen-bond donors (Lipinski definition) is 1. The van der Waals surface area contributed by atoms with Gasteiger partial charge in [0.05, 0.1) is 25.2 Å². The number of likely N-dealkylation sites (tertiary alicyclic amines) is 1. The van der Waals surface area contributed by atoms with Gasteiger partial charge in [-0.15, -0.1) is 0 Å². The zero-order valence-electron chi connectivity index (χ0n) is 11.2. The Morgan fingerprint density at radius 1 is 1.53 bits per heavy atom. The van der Waals surface area contributed by atoms with Crippen molar-refractivity contribution in [1.29, 1.82) is 0 Å². The van der Waals surface area contributed by atoms with Crippen LogP contribution in [0.5, 0.6) is 0 Å². The fraction of sp³-hybridized carbons (Fsp3) is 0.643. The molecule has 3 heterocycles. The van der Waals surface area contributed by atoms with Crippen molar-refractivity contribution in [2.24, 2.45) is 5.92 Å². The van der Waals surface area contributed by atoms with Crippen molar-refractivity contribution >= 4 is 17.2 Å². The molecule has 3 unspecified atom stereocenters. The molecule has 0 spiro atoms. The Balaban J connectivity index is 1.75. The summed E-state index contributed by atoms with van der Waals surface area (Å²) in [7, 11) is 1.90. The number of carbonyl (C=O) groups is 1. The summed E-state index contributed by atoms with van der Waals surface area (Å²) >= 11 is 1.70. The van der Waals surface area contributed by atoms with E-state index in [9.17, 15) is 4.79 Å². The molecular weight excluding hydrogens is 260 g/mol. The number of amides is 1. The van der Waals surface area contributed by atoms with E-state index in [1.54, 1.807) is 11.3 Å². The van der Waals surface area contributed by atoms with Crippen LogP contribution in [0.4, 0.5) is 0 Å². The molecule has 104 valence electrons. The van der Waals surface area contributed by atoms with E-state index in [4.69, 9.17) is 4.74 Å². The highest BCUT2D eigenvalue weighted by Gasteiger charge is 2.39. The molecule has 1 amide bonds. The number of ether oxygens (including phenoxy) is 1. The first-order valence-electron chi connectivity index (χ1n) is 6.89. The first-order valence-corrected chi connectivity index (χ1v) is 7.83. The molecule has 0 bridgehead atoms. The molecule has 5 heteroatoms. The molecule has 0 radical (unpaired) electrons. The van der Waals surface area contributed by atoms with Gasteiger partial charge in [-0.2, -0.15) is 11.3 Å². The fourth-order valence-corrected chi connectivity index (χ4v) is 3.84. The minimum Gasteiger partial charge on any atom is -0.379 e. The third-order valence-corrected chi connectivity index (χ3v) is 4.93. The quantitative estimate of drug-likeness (QED) is 0.915. The van der Waals surface area contributed by atoms with Crippen molar-refractivity contribution in [1.82, 2.24) is 10.2 Å². The summed E-state index contributed by atoms with van der Waals surface area (Å²) in [4.78, 5) is 14.8. The van der Waals surface area contributed by atoms with Gasteiger partial charge in [0.1, 0.15) is 0 Å². The lowest BCUT2D eigenvalue weighted by molar-refractivity contribution is -0.137. The topological polar surface area (TPSA) is 41.6 Å². The molecule has 19 heavy (non-hydrogen) atoms. The average Bonchev–Trinajstić information content (AvgIpc) is 3.16. The number of hydrogen-bond acceptors (Lipinski definition) is 4. The molecule has 1 aromatic heterocycles. The highest BCUT2D eigenvalue weighted by Crippen LogP contribution is 2.35. The van der Waals surface area contributed by atoms with Crippen LogP contribution in [-0.4, -0.2) is 43.7 Å². The summed E-state index contributed by atoms with van der Waals surface area (Å²) in [6, 6.07) is 2.58. The Bertz CT molecular complexity index is 435. The van der Waals surface area contributed by atoms with Crippen LogP contribution in [0.3, 0.4) is 0 Å². The molecule has 2 aliphatic rings. The SMILES string of the molecule is CNC1COCC1C(=O)N1CCCC1c1ccsc1. The number of likely N-dealkylation sites (N-methyl/N-ethyl adjacent to an activating group) is 1. The molecule has 0 aromatic carbocycles. The third kappa shape index (κ3) is 2.42. The van der Waals surface area contributed by atoms with Crippen LogP contribution in [-0.2, 0) is 9.53 Å². The molecule has 3 rings (SSSR count). The Morgan fingerprint density at radius 2 is 2.42 bits per heavy atom. The zero-order valence-corrected chi connectivity index (χ0v) is 12.0. The molecule has 0 saturated carbocycles. The molecule has 2 aliphatic heterocycles. The second-order valence-corrected chi connectivity index (χ2v) is 6.07. The van der Waals surface area contributed by atoms with E-state index < -0.39 is 0 Å². The van der Waals surface area contributed by atoms with Gasteiger partial charge in [-0.3, -0.25) is 4.79 Å². The summed E-state index contributed by atoms with van der Waals surface area (Å²) < 4.78 is 5.46. The molecule has 2 saturated heterocycles. The zero-order chi connectivity index (χ0) is 13.2. The van der Waals surface area contributed by atoms with E-state index >= 15 is 0 Å². The average molecular weight is 280 g/mol. The fourth-order valence-electron chi connectivity index (χ4n) is 3.14. The molecular formula is C14H20N2O2S. The lowest BCUT2D eigenvalue weighted by Gasteiger charge is -2.28. The second kappa shape index (κ2) is 5.61. The van der Waals surface area contributed by atoms with E-state index in [1.165, 1.54) is 5.56 Å². The van der Waals surface area contributed by atoms with E-state index in [2.05, 4.69) is 27.0 Å². The predicted octanol–water partition coefficient (Wildman–Crippen LogP) is 1.65. The number of nitrogens with one attached hydrogen (secondary N) is 1. The summed E-state index contributed by atoms with van der Waals surface area (Å²) in [5, 5.41) is 7.45. The highest BCUT2D eigenvalue weighted by atomic mass is 32.1. The second-order valence-electron chi connectivity index (χ2n) is 5.29. The Labute approximate surface area is 117 Å². The maximum absolute atomic E-state index is 12.7. The number of rotatable bonds is 3. The monoisotopic (exact) mass is 280 g/mol. The van der Waals surface area contributed by atoms with Crippen LogP contribution in [0.25, 0.3) is 0 Å². The van der Waals surface area contributed by atoms with Crippen LogP contribution in [0, 0.1) is 5.92 Å². The van der Waals surface area contributed by atoms with Gasteiger partial charge >= 0.3 is 0 Å². The van der Waals surface area contributed by atoms with Gasteiger partial charge in [-0.1, -0.05) is 0 Å². The molecule has 4 nitrogen and oxygen atoms in total. The van der Waals surface area contributed by atoms with Crippen molar-refractivity contribution in [2.45, 2.75) is 24.9 Å². The lowest BCUT2D eigenvalue weighted by Crippen LogP contribution is -2.44. The molecule has 1 N–H and O–H groups in total. The van der Waals surface area contributed by atoms with Gasteiger partial charge < -0.3 is 15.0 Å². The number of thiophene rings is 1. The van der Waals surface area contributed by atoms with E-state index in [0.29, 0.717) is 13.2 Å². The van der Waals surface area contributed by atoms with Gasteiger partial charge in [0.2, 0.25) is 5.91 Å². The van der Waals surface area contributed by atoms with E-state index in [1.807, 2.05) is 7.05 Å². The Morgan fingerprint density at radius 3 is 3.16 bits per heavy atom. The van der Waals surface area contributed by atoms with Gasteiger partial charge in [-0.05, 0) is 42.3 Å². The predicted molar refractivity (Wildman–Crippen MR) is 75.2 cm³/mol. The van der Waals surface area contributed by atoms with Crippen LogP contribution < -0.4 is 5.32 Å². The maximum Gasteiger partial charge on any atom is 0.230 e. The number of nitrogens with zero attached hydrogens (tertiary/aromatic N) is 1. The van der Waals surface area contributed by atoms with Crippen molar-refractivity contribution in [3.05, 3.63) is 22.4 Å². The molecule has 0 aliphatic carbocycles. The van der Waals surface area contributed by atoms with Gasteiger partial charge in [0, 0.05) is 12.6 Å². The van der Waals surface area contributed by atoms with Gasteiger partial charge in [-0.25, -0.2) is 0 Å². The van der Waals surface area contributed by atoms with Gasteiger partial charge in [0.15, 0.2) is 0 Å². The first-order chi connectivity index (χ1) is 9.31. The van der Waals surface area contributed by atoms with Crippen molar-refractivity contribution in [3.63, 3.8) is 0 Å². The first kappa shape index (κ1) is 13.1. The Kier molecular flexibility index (Phi) is 3.86. The van der Waals surface area contributed by atoms with Crippen LogP contribution in [0.2, 0.25) is 0 Å².